The second-order valence-electron chi connectivity index (χ2n) is 5.38. The number of nitrogens with zero attached hydrogens (tertiary/aromatic N) is 1. The van der Waals surface area contributed by atoms with Crippen LogP contribution in [0.2, 0.25) is 0 Å². The number of carbonyl (C=O) groups excluding carboxylic acids is 2. The molecular weight excluding hydrogens is 306 g/mol. The molecule has 5 atom stereocenters. The average molecular weight is 318 g/mol. The molecule has 0 radical (unpaired) electrons. The summed E-state index contributed by atoms with van der Waals surface area (Å²) in [7, 11) is 0. The third kappa shape index (κ3) is 1.32. The maximum atomic E-state index is 12.6. The molecule has 1 saturated carbocycles. The molecule has 3 aliphatic rings. The Kier molecular flexibility index (Phi) is 2.28. The number of amides is 2. The zero-order valence-corrected chi connectivity index (χ0v) is 11.7. The molecule has 1 saturated heterocycles. The quantitative estimate of drug-likeness (QED) is 0.453. The molecule has 19 heavy (non-hydrogen) atoms. The van der Waals surface area contributed by atoms with Gasteiger partial charge in [-0.25, -0.2) is 0 Å². The number of carbonyl (C=O) groups is 2. The maximum absolute atomic E-state index is 12.6. The molecule has 0 N–H and O–H groups in total. The number of fused-ring (bicyclic) bond motifs is 5. The molecule has 96 valence electrons. The molecule has 1 aliphatic heterocycles. The minimum absolute atomic E-state index is 0.0394. The van der Waals surface area contributed by atoms with E-state index in [0.717, 1.165) is 0 Å². The molecule has 3 nitrogen and oxygen atoms in total. The third-order valence-corrected chi connectivity index (χ3v) is 5.75. The normalized spacial score (nSPS) is 39.2. The lowest BCUT2D eigenvalue weighted by Crippen LogP contribution is -2.34. The van der Waals surface area contributed by atoms with Gasteiger partial charge in [-0.15, -0.1) is 0 Å². The monoisotopic (exact) mass is 317 g/mol. The van der Waals surface area contributed by atoms with Gasteiger partial charge >= 0.3 is 0 Å². The summed E-state index contributed by atoms with van der Waals surface area (Å²) in [5.41, 5.74) is 0.692. The van der Waals surface area contributed by atoms with Gasteiger partial charge in [0.25, 0.3) is 0 Å². The molecule has 1 heterocycles. The van der Waals surface area contributed by atoms with E-state index in [9.17, 15) is 9.59 Å². The highest BCUT2D eigenvalue weighted by Gasteiger charge is 2.63. The largest absolute Gasteiger partial charge is 0.274 e. The second kappa shape index (κ2) is 3.79. The molecule has 4 heteroatoms. The summed E-state index contributed by atoms with van der Waals surface area (Å²) in [5, 5.41) is 0. The van der Waals surface area contributed by atoms with Crippen molar-refractivity contribution in [1.29, 1.82) is 0 Å². The number of benzene rings is 1. The van der Waals surface area contributed by atoms with Crippen LogP contribution < -0.4 is 4.90 Å². The summed E-state index contributed by atoms with van der Waals surface area (Å²) >= 11 is 3.63. The van der Waals surface area contributed by atoms with Crippen molar-refractivity contribution in [2.45, 2.75) is 4.83 Å². The van der Waals surface area contributed by atoms with E-state index in [4.69, 9.17) is 0 Å². The van der Waals surface area contributed by atoms with E-state index >= 15 is 0 Å². The molecule has 1 aromatic rings. The SMILES string of the molecule is O=C1[C@@H]2[C@H](C(=O)N1c1ccccc1)[C@@H]1C=C[C@H]2C1Br. The Hall–Kier alpha value is -1.42. The van der Waals surface area contributed by atoms with Gasteiger partial charge in [0, 0.05) is 16.7 Å². The highest BCUT2D eigenvalue weighted by molar-refractivity contribution is 9.09. The van der Waals surface area contributed by atoms with E-state index in [1.54, 1.807) is 0 Å². The number of alkyl halides is 1. The van der Waals surface area contributed by atoms with Gasteiger partial charge in [-0.05, 0) is 12.1 Å². The molecule has 1 unspecified atom stereocenters. The Morgan fingerprint density at radius 2 is 1.42 bits per heavy atom. The first-order valence-electron chi connectivity index (χ1n) is 6.45. The lowest BCUT2D eigenvalue weighted by molar-refractivity contribution is -0.123. The Labute approximate surface area is 119 Å². The zero-order chi connectivity index (χ0) is 13.1. The van der Waals surface area contributed by atoms with Gasteiger partial charge in [-0.3, -0.25) is 14.5 Å². The summed E-state index contributed by atoms with van der Waals surface area (Å²) in [6, 6.07) is 9.22. The molecule has 1 aromatic carbocycles. The van der Waals surface area contributed by atoms with Crippen molar-refractivity contribution in [1.82, 2.24) is 0 Å². The fourth-order valence-corrected chi connectivity index (χ4v) is 4.72. The fourth-order valence-electron chi connectivity index (χ4n) is 3.71. The molecule has 4 rings (SSSR count). The van der Waals surface area contributed by atoms with Crippen LogP contribution in [0.5, 0.6) is 0 Å². The Morgan fingerprint density at radius 3 is 1.95 bits per heavy atom. The van der Waals surface area contributed by atoms with E-state index in [1.165, 1.54) is 4.90 Å². The maximum Gasteiger partial charge on any atom is 0.238 e. The van der Waals surface area contributed by atoms with Gasteiger partial charge in [-0.1, -0.05) is 46.3 Å². The van der Waals surface area contributed by atoms with Crippen molar-refractivity contribution in [3.05, 3.63) is 42.5 Å². The summed E-state index contributed by atoms with van der Waals surface area (Å²) in [6.45, 7) is 0. The number of rotatable bonds is 1. The number of hydrogen-bond donors (Lipinski definition) is 0. The van der Waals surface area contributed by atoms with Gasteiger partial charge < -0.3 is 0 Å². The molecule has 2 amide bonds. The van der Waals surface area contributed by atoms with Crippen LogP contribution in [-0.2, 0) is 9.59 Å². The zero-order valence-electron chi connectivity index (χ0n) is 10.1. The molecule has 2 bridgehead atoms. The molecule has 2 aliphatic carbocycles. The van der Waals surface area contributed by atoms with Crippen molar-refractivity contribution in [3.8, 4) is 0 Å². The van der Waals surface area contributed by atoms with Crippen LogP contribution in [0.4, 0.5) is 5.69 Å². The van der Waals surface area contributed by atoms with Crippen LogP contribution in [0.1, 0.15) is 0 Å². The van der Waals surface area contributed by atoms with Gasteiger partial charge in [0.15, 0.2) is 0 Å². The third-order valence-electron chi connectivity index (χ3n) is 4.53. The predicted octanol–water partition coefficient (Wildman–Crippen LogP) is 2.37. The number of halogens is 1. The first-order chi connectivity index (χ1) is 9.20. The van der Waals surface area contributed by atoms with Gasteiger partial charge in [0.2, 0.25) is 11.8 Å². The number of imide groups is 1. The smallest absolute Gasteiger partial charge is 0.238 e. The summed E-state index contributed by atoms with van der Waals surface area (Å²) in [4.78, 5) is 26.8. The summed E-state index contributed by atoms with van der Waals surface area (Å²) in [5.74, 6) is -0.0931. The standard InChI is InChI=1S/C15H12BrNO2/c16-13-9-6-7-10(13)12-11(9)14(18)17(15(12)19)8-4-2-1-3-5-8/h1-7,9-13H/t9-,10+,11+,12-,13?. The van der Waals surface area contributed by atoms with Crippen LogP contribution in [0, 0.1) is 23.7 Å². The van der Waals surface area contributed by atoms with Crippen molar-refractivity contribution < 1.29 is 9.59 Å². The average Bonchev–Trinajstić information content (AvgIpc) is 3.01. The Morgan fingerprint density at radius 1 is 0.895 bits per heavy atom. The Bertz CT molecular complexity index is 565. The minimum Gasteiger partial charge on any atom is -0.274 e. The molecular formula is C15H12BrNO2. The summed E-state index contributed by atoms with van der Waals surface area (Å²) < 4.78 is 0. The number of hydrogen-bond acceptors (Lipinski definition) is 2. The van der Waals surface area contributed by atoms with E-state index < -0.39 is 0 Å². The van der Waals surface area contributed by atoms with Gasteiger partial charge in [0.05, 0.1) is 17.5 Å². The first-order valence-corrected chi connectivity index (χ1v) is 7.37. The predicted molar refractivity (Wildman–Crippen MR) is 74.8 cm³/mol. The van der Waals surface area contributed by atoms with Gasteiger partial charge in [-0.2, -0.15) is 0 Å². The fraction of sp³-hybridized carbons (Fsp3) is 0.333. The van der Waals surface area contributed by atoms with E-state index in [-0.39, 0.29) is 40.3 Å². The van der Waals surface area contributed by atoms with E-state index in [1.807, 2.05) is 30.3 Å². The topological polar surface area (TPSA) is 37.4 Å². The Balaban J connectivity index is 1.77. The highest BCUT2D eigenvalue weighted by atomic mass is 79.9. The number of anilines is 1. The van der Waals surface area contributed by atoms with Crippen molar-refractivity contribution >= 4 is 33.4 Å². The van der Waals surface area contributed by atoms with Crippen LogP contribution in [-0.4, -0.2) is 16.6 Å². The lowest BCUT2D eigenvalue weighted by atomic mass is 9.85. The number of para-hydroxylation sites is 1. The van der Waals surface area contributed by atoms with Crippen LogP contribution in [0.25, 0.3) is 0 Å². The van der Waals surface area contributed by atoms with Crippen molar-refractivity contribution in [3.63, 3.8) is 0 Å². The molecule has 0 aromatic heterocycles. The second-order valence-corrected chi connectivity index (χ2v) is 6.44. The molecule has 0 spiro atoms. The first kappa shape index (κ1) is 11.4. The van der Waals surface area contributed by atoms with E-state index in [0.29, 0.717) is 5.69 Å². The van der Waals surface area contributed by atoms with Crippen LogP contribution in [0.15, 0.2) is 42.5 Å². The minimum atomic E-state index is -0.174. The van der Waals surface area contributed by atoms with Gasteiger partial charge in [0.1, 0.15) is 0 Å². The van der Waals surface area contributed by atoms with Crippen molar-refractivity contribution in [2.75, 3.05) is 4.90 Å². The highest BCUT2D eigenvalue weighted by Crippen LogP contribution is 2.55. The van der Waals surface area contributed by atoms with E-state index in [2.05, 4.69) is 28.1 Å². The lowest BCUT2D eigenvalue weighted by Gasteiger charge is -2.19. The van der Waals surface area contributed by atoms with Crippen LogP contribution in [0.3, 0.4) is 0 Å². The van der Waals surface area contributed by atoms with Crippen molar-refractivity contribution in [2.24, 2.45) is 23.7 Å². The number of allylic oxidation sites excluding steroid dienone is 2. The van der Waals surface area contributed by atoms with Crippen LogP contribution >= 0.6 is 15.9 Å². The molecule has 2 fully saturated rings. The summed E-state index contributed by atoms with van der Waals surface area (Å²) in [6.07, 6.45) is 4.18.